The van der Waals surface area contributed by atoms with Crippen LogP contribution in [0.4, 0.5) is 0 Å². The predicted molar refractivity (Wildman–Crippen MR) is 75.8 cm³/mol. The van der Waals surface area contributed by atoms with Crippen LogP contribution in [0.3, 0.4) is 0 Å². The minimum absolute atomic E-state index is 0.0819. The predicted octanol–water partition coefficient (Wildman–Crippen LogP) is 1.92. The molecule has 1 aliphatic carbocycles. The van der Waals surface area contributed by atoms with Crippen molar-refractivity contribution in [1.82, 2.24) is 4.90 Å². The van der Waals surface area contributed by atoms with Crippen LogP contribution in [0, 0.1) is 5.92 Å². The van der Waals surface area contributed by atoms with Crippen molar-refractivity contribution in [3.8, 4) is 0 Å². The highest BCUT2D eigenvalue weighted by molar-refractivity contribution is 5.81. The van der Waals surface area contributed by atoms with Gasteiger partial charge >= 0.3 is 0 Å². The fourth-order valence-corrected chi connectivity index (χ4v) is 3.27. The summed E-state index contributed by atoms with van der Waals surface area (Å²) in [6, 6.07) is 0.440. The number of nitrogens with two attached hydrogens (primary N) is 1. The first-order chi connectivity index (χ1) is 9.11. The second kappa shape index (κ2) is 6.71. The third-order valence-electron chi connectivity index (χ3n) is 4.26. The molecule has 0 spiro atoms. The Morgan fingerprint density at radius 1 is 1.26 bits per heavy atom. The average Bonchev–Trinajstić information content (AvgIpc) is 3.05. The lowest BCUT2D eigenvalue weighted by Gasteiger charge is -2.32. The van der Waals surface area contributed by atoms with Crippen molar-refractivity contribution in [2.45, 2.75) is 70.6 Å². The van der Waals surface area contributed by atoms with Crippen molar-refractivity contribution < 1.29 is 9.53 Å². The van der Waals surface area contributed by atoms with E-state index in [-0.39, 0.29) is 18.1 Å². The maximum atomic E-state index is 12.7. The molecule has 0 aromatic heterocycles. The highest BCUT2D eigenvalue weighted by atomic mass is 16.5. The van der Waals surface area contributed by atoms with Crippen LogP contribution in [0.15, 0.2) is 0 Å². The number of amides is 1. The molecule has 1 aliphatic heterocycles. The molecular formula is C15H28N2O2. The van der Waals surface area contributed by atoms with E-state index >= 15 is 0 Å². The standard InChI is InChI=1S/C15H28N2O2/c1-11(2)10-17(12-5-3-4-6-12)15(18)14-8-7-13(9-16)19-14/h11-14H,3-10,16H2,1-2H3/t13-,14+/m1/s1. The smallest absolute Gasteiger partial charge is 0.251 e. The van der Waals surface area contributed by atoms with Gasteiger partial charge in [0.1, 0.15) is 6.10 Å². The Morgan fingerprint density at radius 3 is 2.47 bits per heavy atom. The van der Waals surface area contributed by atoms with Crippen molar-refractivity contribution >= 4 is 5.91 Å². The molecule has 4 heteroatoms. The summed E-state index contributed by atoms with van der Waals surface area (Å²) in [5, 5.41) is 0. The number of rotatable bonds is 5. The van der Waals surface area contributed by atoms with Crippen molar-refractivity contribution in [2.24, 2.45) is 11.7 Å². The van der Waals surface area contributed by atoms with Crippen molar-refractivity contribution in [2.75, 3.05) is 13.1 Å². The van der Waals surface area contributed by atoms with Gasteiger partial charge in [0, 0.05) is 19.1 Å². The molecular weight excluding hydrogens is 240 g/mol. The van der Waals surface area contributed by atoms with E-state index in [9.17, 15) is 4.79 Å². The van der Waals surface area contributed by atoms with Crippen LogP contribution in [0.1, 0.15) is 52.4 Å². The molecule has 2 aliphatic rings. The van der Waals surface area contributed by atoms with Gasteiger partial charge in [0.25, 0.3) is 5.91 Å². The molecule has 2 N–H and O–H groups in total. The zero-order valence-electron chi connectivity index (χ0n) is 12.3. The molecule has 2 atom stereocenters. The van der Waals surface area contributed by atoms with Gasteiger partial charge in [-0.25, -0.2) is 0 Å². The zero-order chi connectivity index (χ0) is 13.8. The summed E-state index contributed by atoms with van der Waals surface area (Å²) in [7, 11) is 0. The minimum atomic E-state index is -0.243. The van der Waals surface area contributed by atoms with E-state index in [0.717, 1.165) is 32.2 Å². The van der Waals surface area contributed by atoms with Gasteiger partial charge in [-0.1, -0.05) is 26.7 Å². The van der Waals surface area contributed by atoms with E-state index in [4.69, 9.17) is 10.5 Å². The van der Waals surface area contributed by atoms with Crippen LogP contribution < -0.4 is 5.73 Å². The van der Waals surface area contributed by atoms with E-state index in [2.05, 4.69) is 18.7 Å². The van der Waals surface area contributed by atoms with Gasteiger partial charge < -0.3 is 15.4 Å². The molecule has 0 bridgehead atoms. The van der Waals surface area contributed by atoms with Crippen LogP contribution in [0.25, 0.3) is 0 Å². The molecule has 110 valence electrons. The van der Waals surface area contributed by atoms with Crippen molar-refractivity contribution in [1.29, 1.82) is 0 Å². The second-order valence-corrected chi connectivity index (χ2v) is 6.38. The van der Waals surface area contributed by atoms with Gasteiger partial charge in [0.2, 0.25) is 0 Å². The molecule has 1 saturated carbocycles. The number of ether oxygens (including phenoxy) is 1. The van der Waals surface area contributed by atoms with E-state index in [1.165, 1.54) is 12.8 Å². The summed E-state index contributed by atoms with van der Waals surface area (Å²) in [6.07, 6.45) is 6.42. The van der Waals surface area contributed by atoms with Gasteiger partial charge in [-0.15, -0.1) is 0 Å². The largest absolute Gasteiger partial charge is 0.364 e. The SMILES string of the molecule is CC(C)CN(C(=O)[C@@H]1CC[C@H](CN)O1)C1CCCC1. The summed E-state index contributed by atoms with van der Waals surface area (Å²) in [5.74, 6) is 0.716. The van der Waals surface area contributed by atoms with Gasteiger partial charge in [0.05, 0.1) is 6.10 Å². The molecule has 0 unspecified atom stereocenters. The first kappa shape index (κ1) is 14.8. The van der Waals surface area contributed by atoms with E-state index in [1.807, 2.05) is 0 Å². The van der Waals surface area contributed by atoms with Crippen molar-refractivity contribution in [3.63, 3.8) is 0 Å². The van der Waals surface area contributed by atoms with Gasteiger partial charge in [0.15, 0.2) is 0 Å². The quantitative estimate of drug-likeness (QED) is 0.829. The molecule has 0 aromatic rings. The van der Waals surface area contributed by atoms with Gasteiger partial charge in [-0.05, 0) is 31.6 Å². The van der Waals surface area contributed by atoms with Crippen LogP contribution >= 0.6 is 0 Å². The summed E-state index contributed by atoms with van der Waals surface area (Å²) in [4.78, 5) is 14.8. The van der Waals surface area contributed by atoms with Crippen LogP contribution in [0.2, 0.25) is 0 Å². The Kier molecular flexibility index (Phi) is 5.22. The fraction of sp³-hybridized carbons (Fsp3) is 0.933. The molecule has 2 rings (SSSR count). The lowest BCUT2D eigenvalue weighted by molar-refractivity contribution is -0.145. The molecule has 19 heavy (non-hydrogen) atoms. The maximum absolute atomic E-state index is 12.7. The molecule has 1 heterocycles. The summed E-state index contributed by atoms with van der Waals surface area (Å²) in [6.45, 7) is 5.73. The Balaban J connectivity index is 1.98. The third kappa shape index (κ3) is 3.69. The second-order valence-electron chi connectivity index (χ2n) is 6.38. The van der Waals surface area contributed by atoms with Crippen LogP contribution in [-0.4, -0.2) is 42.1 Å². The van der Waals surface area contributed by atoms with E-state index in [0.29, 0.717) is 18.5 Å². The van der Waals surface area contributed by atoms with Crippen molar-refractivity contribution in [3.05, 3.63) is 0 Å². The molecule has 0 aromatic carbocycles. The number of hydrogen-bond donors (Lipinski definition) is 1. The zero-order valence-corrected chi connectivity index (χ0v) is 12.3. The van der Waals surface area contributed by atoms with Gasteiger partial charge in [-0.2, -0.15) is 0 Å². The number of carbonyl (C=O) groups is 1. The molecule has 2 fully saturated rings. The fourth-order valence-electron chi connectivity index (χ4n) is 3.27. The third-order valence-corrected chi connectivity index (χ3v) is 4.26. The molecule has 1 amide bonds. The summed E-state index contributed by atoms with van der Waals surface area (Å²) >= 11 is 0. The van der Waals surface area contributed by atoms with Gasteiger partial charge in [-0.3, -0.25) is 4.79 Å². The molecule has 4 nitrogen and oxygen atoms in total. The lowest BCUT2D eigenvalue weighted by atomic mass is 10.1. The Hall–Kier alpha value is -0.610. The highest BCUT2D eigenvalue weighted by Gasteiger charge is 2.36. The highest BCUT2D eigenvalue weighted by Crippen LogP contribution is 2.28. The van der Waals surface area contributed by atoms with E-state index in [1.54, 1.807) is 0 Å². The monoisotopic (exact) mass is 268 g/mol. The molecule has 0 radical (unpaired) electrons. The Morgan fingerprint density at radius 2 is 1.95 bits per heavy atom. The van der Waals surface area contributed by atoms with E-state index < -0.39 is 0 Å². The lowest BCUT2D eigenvalue weighted by Crippen LogP contribution is -2.46. The van der Waals surface area contributed by atoms with Crippen LogP contribution in [-0.2, 0) is 9.53 Å². The molecule has 1 saturated heterocycles. The first-order valence-electron chi connectivity index (χ1n) is 7.77. The topological polar surface area (TPSA) is 55.6 Å². The minimum Gasteiger partial charge on any atom is -0.364 e. The first-order valence-corrected chi connectivity index (χ1v) is 7.77. The number of hydrogen-bond acceptors (Lipinski definition) is 3. The average molecular weight is 268 g/mol. The number of nitrogens with zero attached hydrogens (tertiary/aromatic N) is 1. The Labute approximate surface area is 116 Å². The normalized spacial score (nSPS) is 28.2. The summed E-state index contributed by atoms with van der Waals surface area (Å²) in [5.41, 5.74) is 5.63. The van der Waals surface area contributed by atoms with Crippen LogP contribution in [0.5, 0.6) is 0 Å². The summed E-state index contributed by atoms with van der Waals surface area (Å²) < 4.78 is 5.78. The maximum Gasteiger partial charge on any atom is 0.251 e. The Bertz CT molecular complexity index is 301. The number of carbonyl (C=O) groups excluding carboxylic acids is 1.